The monoisotopic (exact) mass is 236 g/mol. The van der Waals surface area contributed by atoms with Gasteiger partial charge in [0.25, 0.3) is 5.91 Å². The van der Waals surface area contributed by atoms with Gasteiger partial charge >= 0.3 is 0 Å². The van der Waals surface area contributed by atoms with E-state index in [9.17, 15) is 9.59 Å². The van der Waals surface area contributed by atoms with Gasteiger partial charge in [-0.05, 0) is 31.9 Å². The van der Waals surface area contributed by atoms with Crippen LogP contribution >= 0.6 is 0 Å². The van der Waals surface area contributed by atoms with Gasteiger partial charge in [0.2, 0.25) is 5.91 Å². The van der Waals surface area contributed by atoms with Gasteiger partial charge in [-0.2, -0.15) is 0 Å². The fraction of sp³-hybridized carbons (Fsp3) is 0.500. The Labute approximate surface area is 99.6 Å². The molecule has 0 bridgehead atoms. The van der Waals surface area contributed by atoms with Crippen LogP contribution in [0.5, 0.6) is 0 Å². The maximum atomic E-state index is 12.1. The van der Waals surface area contributed by atoms with Gasteiger partial charge in [0.15, 0.2) is 5.76 Å². The maximum absolute atomic E-state index is 12.1. The quantitative estimate of drug-likeness (QED) is 0.832. The molecule has 1 fully saturated rings. The molecule has 1 aromatic heterocycles. The zero-order chi connectivity index (χ0) is 12.5. The van der Waals surface area contributed by atoms with E-state index >= 15 is 0 Å². The lowest BCUT2D eigenvalue weighted by Crippen LogP contribution is -2.50. The molecule has 0 spiro atoms. The van der Waals surface area contributed by atoms with Crippen molar-refractivity contribution in [2.24, 2.45) is 11.1 Å². The summed E-state index contributed by atoms with van der Waals surface area (Å²) in [7, 11) is 0. The number of likely N-dealkylation sites (tertiary alicyclic amines) is 1. The van der Waals surface area contributed by atoms with E-state index in [0.717, 1.165) is 12.8 Å². The van der Waals surface area contributed by atoms with Crippen molar-refractivity contribution in [1.82, 2.24) is 4.90 Å². The number of hydrogen-bond donors (Lipinski definition) is 1. The Morgan fingerprint density at radius 1 is 1.53 bits per heavy atom. The number of nitrogens with two attached hydrogens (primary N) is 1. The number of carbonyl (C=O) groups excluding carboxylic acids is 2. The van der Waals surface area contributed by atoms with Crippen LogP contribution in [0.2, 0.25) is 0 Å². The van der Waals surface area contributed by atoms with Crippen molar-refractivity contribution >= 4 is 11.8 Å². The molecule has 2 N–H and O–H groups in total. The van der Waals surface area contributed by atoms with Crippen LogP contribution in [-0.4, -0.2) is 29.8 Å². The van der Waals surface area contributed by atoms with E-state index in [0.29, 0.717) is 18.8 Å². The molecule has 0 aliphatic carbocycles. The number of carbonyl (C=O) groups is 2. The third kappa shape index (κ3) is 2.18. The average molecular weight is 236 g/mol. The minimum Gasteiger partial charge on any atom is -0.459 e. The molecule has 17 heavy (non-hydrogen) atoms. The summed E-state index contributed by atoms with van der Waals surface area (Å²) in [5.41, 5.74) is 4.76. The number of rotatable bonds is 2. The van der Waals surface area contributed by atoms with Gasteiger partial charge in [-0.3, -0.25) is 9.59 Å². The first-order valence-electron chi connectivity index (χ1n) is 5.66. The van der Waals surface area contributed by atoms with Crippen molar-refractivity contribution < 1.29 is 14.0 Å². The molecule has 1 aromatic rings. The number of furan rings is 1. The second kappa shape index (κ2) is 4.24. The summed E-state index contributed by atoms with van der Waals surface area (Å²) in [4.78, 5) is 25.1. The minimum atomic E-state index is -0.625. The standard InChI is InChI=1S/C12H16N2O3/c1-12(11(13)16)5-3-6-14(8-12)10(15)9-4-2-7-17-9/h2,4,7H,3,5-6,8H2,1H3,(H2,13,16). The lowest BCUT2D eigenvalue weighted by Gasteiger charge is -2.37. The normalized spacial score (nSPS) is 24.6. The van der Waals surface area contributed by atoms with Crippen LogP contribution in [0.4, 0.5) is 0 Å². The Morgan fingerprint density at radius 2 is 2.29 bits per heavy atom. The van der Waals surface area contributed by atoms with Crippen LogP contribution in [0.25, 0.3) is 0 Å². The molecule has 92 valence electrons. The summed E-state index contributed by atoms with van der Waals surface area (Å²) in [6, 6.07) is 3.29. The summed E-state index contributed by atoms with van der Waals surface area (Å²) in [6.45, 7) is 2.81. The van der Waals surface area contributed by atoms with Crippen LogP contribution < -0.4 is 5.73 Å². The molecular weight excluding hydrogens is 220 g/mol. The molecule has 0 radical (unpaired) electrons. The highest BCUT2D eigenvalue weighted by atomic mass is 16.3. The maximum Gasteiger partial charge on any atom is 0.289 e. The van der Waals surface area contributed by atoms with Crippen molar-refractivity contribution in [1.29, 1.82) is 0 Å². The van der Waals surface area contributed by atoms with Crippen molar-refractivity contribution in [3.8, 4) is 0 Å². The second-order valence-electron chi connectivity index (χ2n) is 4.73. The second-order valence-corrected chi connectivity index (χ2v) is 4.73. The first-order chi connectivity index (χ1) is 8.03. The molecule has 2 rings (SSSR count). The van der Waals surface area contributed by atoms with Gasteiger partial charge in [-0.1, -0.05) is 0 Å². The number of primary amides is 1. The zero-order valence-electron chi connectivity index (χ0n) is 9.81. The SMILES string of the molecule is CC1(C(N)=O)CCCN(C(=O)c2ccco2)C1. The molecule has 1 aliphatic rings. The minimum absolute atomic E-state index is 0.179. The van der Waals surface area contributed by atoms with Crippen LogP contribution in [0.1, 0.15) is 30.3 Å². The molecule has 1 aliphatic heterocycles. The fourth-order valence-corrected chi connectivity index (χ4v) is 2.17. The Balaban J connectivity index is 2.13. The van der Waals surface area contributed by atoms with E-state index in [1.165, 1.54) is 6.26 Å². The molecule has 1 atom stereocenters. The Hall–Kier alpha value is -1.78. The van der Waals surface area contributed by atoms with Gasteiger partial charge in [0.1, 0.15) is 0 Å². The molecular formula is C12H16N2O3. The first-order valence-corrected chi connectivity index (χ1v) is 5.66. The molecule has 1 unspecified atom stereocenters. The zero-order valence-corrected chi connectivity index (χ0v) is 9.81. The smallest absolute Gasteiger partial charge is 0.289 e. The summed E-state index contributed by atoms with van der Waals surface area (Å²) in [5.74, 6) is -0.227. The van der Waals surface area contributed by atoms with Crippen molar-refractivity contribution in [2.75, 3.05) is 13.1 Å². The Kier molecular flexibility index (Phi) is 2.92. The average Bonchev–Trinajstić information content (AvgIpc) is 2.81. The highest BCUT2D eigenvalue weighted by Crippen LogP contribution is 2.29. The van der Waals surface area contributed by atoms with Crippen LogP contribution in [0, 0.1) is 5.41 Å². The van der Waals surface area contributed by atoms with Gasteiger partial charge in [-0.25, -0.2) is 0 Å². The summed E-state index contributed by atoms with van der Waals surface area (Å²) < 4.78 is 5.07. The van der Waals surface area contributed by atoms with Crippen LogP contribution in [0.3, 0.4) is 0 Å². The largest absolute Gasteiger partial charge is 0.459 e. The van der Waals surface area contributed by atoms with E-state index in [2.05, 4.69) is 0 Å². The lowest BCUT2D eigenvalue weighted by atomic mass is 9.81. The van der Waals surface area contributed by atoms with E-state index in [1.54, 1.807) is 24.0 Å². The van der Waals surface area contributed by atoms with Gasteiger partial charge in [0.05, 0.1) is 11.7 Å². The third-order valence-electron chi connectivity index (χ3n) is 3.31. The van der Waals surface area contributed by atoms with Crippen molar-refractivity contribution in [2.45, 2.75) is 19.8 Å². The number of nitrogens with zero attached hydrogens (tertiary/aromatic N) is 1. The number of hydrogen-bond acceptors (Lipinski definition) is 3. The van der Waals surface area contributed by atoms with Crippen LogP contribution in [0.15, 0.2) is 22.8 Å². The first kappa shape index (κ1) is 11.7. The van der Waals surface area contributed by atoms with E-state index in [-0.39, 0.29) is 11.8 Å². The number of amides is 2. The Bertz CT molecular complexity index is 427. The van der Waals surface area contributed by atoms with Gasteiger partial charge in [-0.15, -0.1) is 0 Å². The molecule has 0 aromatic carbocycles. The summed E-state index contributed by atoms with van der Waals surface area (Å²) in [6.07, 6.45) is 2.97. The fourth-order valence-electron chi connectivity index (χ4n) is 2.17. The van der Waals surface area contributed by atoms with E-state index in [4.69, 9.17) is 10.2 Å². The molecule has 1 saturated heterocycles. The molecule has 2 amide bonds. The molecule has 2 heterocycles. The van der Waals surface area contributed by atoms with Crippen molar-refractivity contribution in [3.05, 3.63) is 24.2 Å². The molecule has 5 heteroatoms. The highest BCUT2D eigenvalue weighted by Gasteiger charge is 2.38. The molecule has 5 nitrogen and oxygen atoms in total. The van der Waals surface area contributed by atoms with E-state index < -0.39 is 5.41 Å². The Morgan fingerprint density at radius 3 is 2.88 bits per heavy atom. The highest BCUT2D eigenvalue weighted by molar-refractivity contribution is 5.92. The van der Waals surface area contributed by atoms with Crippen molar-refractivity contribution in [3.63, 3.8) is 0 Å². The topological polar surface area (TPSA) is 76.5 Å². The van der Waals surface area contributed by atoms with Gasteiger partial charge < -0.3 is 15.1 Å². The predicted octanol–water partition coefficient (Wildman–Crippen LogP) is 1.01. The third-order valence-corrected chi connectivity index (χ3v) is 3.31. The van der Waals surface area contributed by atoms with E-state index in [1.807, 2.05) is 0 Å². The van der Waals surface area contributed by atoms with Crippen LogP contribution in [-0.2, 0) is 4.79 Å². The predicted molar refractivity (Wildman–Crippen MR) is 61.1 cm³/mol. The lowest BCUT2D eigenvalue weighted by molar-refractivity contribution is -0.129. The van der Waals surface area contributed by atoms with Gasteiger partial charge in [0, 0.05) is 13.1 Å². The molecule has 0 saturated carbocycles. The number of piperidine rings is 1. The summed E-state index contributed by atoms with van der Waals surface area (Å²) >= 11 is 0. The summed E-state index contributed by atoms with van der Waals surface area (Å²) in [5, 5.41) is 0.